The van der Waals surface area contributed by atoms with Gasteiger partial charge in [0.2, 0.25) is 0 Å². The van der Waals surface area contributed by atoms with Gasteiger partial charge in [-0.2, -0.15) is 0 Å². The smallest absolute Gasteiger partial charge is 0.147 e. The van der Waals surface area contributed by atoms with Gasteiger partial charge in [-0.05, 0) is 0 Å². The van der Waals surface area contributed by atoms with Gasteiger partial charge in [-0.15, -0.1) is 37.2 Å². The second kappa shape index (κ2) is 8.72. The molecule has 0 nitrogen and oxygen atoms in total. The molecule has 0 amide bonds. The van der Waals surface area contributed by atoms with Crippen LogP contribution in [-0.2, 0) is 22.1 Å². The van der Waals surface area contributed by atoms with E-state index < -0.39 is 5.26 Å². The average Bonchev–Trinajstić information content (AvgIpc) is 2.12. The number of hydrogen-bond donors (Lipinski definition) is 0. The van der Waals surface area contributed by atoms with E-state index in [2.05, 4.69) is 37.9 Å². The Morgan fingerprint density at radius 2 is 1.69 bits per heavy atom. The largest absolute Gasteiger partial charge is 0.147 e. The van der Waals surface area contributed by atoms with Gasteiger partial charge in [0, 0.05) is 0 Å². The second-order valence-electron chi connectivity index (χ2n) is 3.70. The zero-order valence-corrected chi connectivity index (χ0v) is 15.2. The summed E-state index contributed by atoms with van der Waals surface area (Å²) >= 11 is -0.321. The van der Waals surface area contributed by atoms with Gasteiger partial charge < -0.3 is 0 Å². The third kappa shape index (κ3) is 9.73. The predicted octanol–water partition coefficient (Wildman–Crippen LogP) is 4.01. The topological polar surface area (TPSA) is 0 Å². The van der Waals surface area contributed by atoms with Crippen molar-refractivity contribution in [2.45, 2.75) is 26.1 Å². The van der Waals surface area contributed by atoms with Gasteiger partial charge in [-0.3, -0.25) is 0 Å². The molecule has 78 valence electrons. The molecule has 0 aromatic rings. The Morgan fingerprint density at radius 1 is 1.15 bits per heavy atom. The molecule has 0 fully saturated rings. The van der Waals surface area contributed by atoms with Crippen molar-refractivity contribution in [3.63, 3.8) is 0 Å². The van der Waals surface area contributed by atoms with Crippen LogP contribution in [0.2, 0.25) is 19.6 Å². The predicted molar refractivity (Wildman–Crippen MR) is 66.9 cm³/mol. The first-order valence-electron chi connectivity index (χ1n) is 3.72. The van der Waals surface area contributed by atoms with E-state index in [1.807, 2.05) is 3.33 Å². The van der Waals surface area contributed by atoms with Gasteiger partial charge in [0.25, 0.3) is 0 Å². The summed E-state index contributed by atoms with van der Waals surface area (Å²) in [6.07, 6.45) is 8.18. The molecule has 13 heavy (non-hydrogen) atoms. The molecule has 0 aromatic heterocycles. The molecule has 0 atom stereocenters. The number of allylic oxidation sites excluding steroid dienone is 4. The van der Waals surface area contributed by atoms with Crippen LogP contribution < -0.4 is 0 Å². The van der Waals surface area contributed by atoms with E-state index in [9.17, 15) is 0 Å². The van der Waals surface area contributed by atoms with E-state index in [4.69, 9.17) is 0 Å². The Hall–Kier alpha value is 1.44. The molecule has 0 radical (unpaired) electrons. The van der Waals surface area contributed by atoms with Crippen molar-refractivity contribution in [3.8, 4) is 0 Å². The molecule has 0 spiro atoms. The van der Waals surface area contributed by atoms with Gasteiger partial charge >= 0.3 is 75.0 Å². The first-order chi connectivity index (χ1) is 4.58. The zero-order valence-electron chi connectivity index (χ0n) is 8.16. The van der Waals surface area contributed by atoms with Crippen molar-refractivity contribution in [2.75, 3.05) is 0 Å². The van der Waals surface area contributed by atoms with E-state index in [1.54, 1.807) is 0 Å². The van der Waals surface area contributed by atoms with Gasteiger partial charge in [0.15, 0.2) is 0 Å². The second-order valence-corrected chi connectivity index (χ2v) is 29.6. The fraction of sp³-hybridized carbons (Fsp3) is 0.500. The minimum atomic E-state index is -0.636. The molecule has 0 saturated heterocycles. The van der Waals surface area contributed by atoms with Crippen molar-refractivity contribution < 1.29 is 22.1 Å². The molecule has 0 N–H and O–H groups in total. The zero-order chi connectivity index (χ0) is 7.61. The Balaban J connectivity index is -0.000000333. The van der Waals surface area contributed by atoms with Crippen LogP contribution >= 0.6 is 37.2 Å². The molecule has 0 unspecified atom stereocenters. The number of halogens is 3. The summed E-state index contributed by atoms with van der Waals surface area (Å²) in [6, 6.07) is 0. The van der Waals surface area contributed by atoms with Gasteiger partial charge in [0.05, 0.1) is 0 Å². The SMILES string of the molecule is C[Si](C)(C)[Hf][C]1=CC=CC1.Cl.Cl.Cl. The standard InChI is InChI=1S/C5H5.C3H9Si.3ClH.Hf/c1-2-4-5-3-1;1-4(2)3;;;;/h1-3H,4H2;1-3H3;3*1H;. The van der Waals surface area contributed by atoms with E-state index >= 15 is 0 Å². The molecule has 0 bridgehead atoms. The van der Waals surface area contributed by atoms with Crippen LogP contribution in [0.4, 0.5) is 0 Å². The fourth-order valence-electron chi connectivity index (χ4n) is 1.02. The van der Waals surface area contributed by atoms with Crippen molar-refractivity contribution in [3.05, 3.63) is 21.6 Å². The Labute approximate surface area is 111 Å². The maximum atomic E-state index is 2.51. The molecule has 5 heteroatoms. The summed E-state index contributed by atoms with van der Waals surface area (Å²) in [6.45, 7) is 7.53. The third-order valence-electron chi connectivity index (χ3n) is 1.31. The molecule has 0 heterocycles. The maximum Gasteiger partial charge on any atom is -0.147 e. The van der Waals surface area contributed by atoms with Crippen LogP contribution in [0.15, 0.2) is 21.6 Å². The summed E-state index contributed by atoms with van der Waals surface area (Å²) in [5.74, 6) is 0. The molecular weight excluding hydrogens is 409 g/mol. The van der Waals surface area contributed by atoms with E-state index in [0.717, 1.165) is 0 Å². The molecule has 0 aromatic carbocycles. The van der Waals surface area contributed by atoms with Crippen molar-refractivity contribution >= 4 is 42.5 Å². The van der Waals surface area contributed by atoms with Crippen LogP contribution in [0.3, 0.4) is 0 Å². The normalized spacial score (nSPS) is 13.3. The quantitative estimate of drug-likeness (QED) is 0.586. The number of hydrogen-bond acceptors (Lipinski definition) is 0. The van der Waals surface area contributed by atoms with Crippen LogP contribution in [0.1, 0.15) is 6.42 Å². The first kappa shape index (κ1) is 19.9. The van der Waals surface area contributed by atoms with Crippen LogP contribution in [0.5, 0.6) is 0 Å². The van der Waals surface area contributed by atoms with Crippen LogP contribution in [-0.4, -0.2) is 5.26 Å². The molecule has 0 saturated carbocycles. The summed E-state index contributed by atoms with van der Waals surface area (Å²) in [5, 5.41) is -0.636. The maximum absolute atomic E-state index is 2.51. The molecule has 1 rings (SSSR count). The minimum Gasteiger partial charge on any atom is -0.147 e. The molecule has 1 aliphatic carbocycles. The monoisotopic (exact) mass is 426 g/mol. The van der Waals surface area contributed by atoms with Gasteiger partial charge in [-0.25, -0.2) is 0 Å². The van der Waals surface area contributed by atoms with E-state index in [-0.39, 0.29) is 59.3 Å². The minimum absolute atomic E-state index is 0. The molecule has 1 aliphatic rings. The Kier molecular flexibility index (Phi) is 13.4. The Morgan fingerprint density at radius 3 is 2.00 bits per heavy atom. The summed E-state index contributed by atoms with van der Waals surface area (Å²) in [7, 11) is 0. The van der Waals surface area contributed by atoms with Crippen molar-refractivity contribution in [2.24, 2.45) is 0 Å². The van der Waals surface area contributed by atoms with Crippen molar-refractivity contribution in [1.29, 1.82) is 0 Å². The van der Waals surface area contributed by atoms with E-state index in [1.165, 1.54) is 6.42 Å². The van der Waals surface area contributed by atoms with Gasteiger partial charge in [-0.1, -0.05) is 0 Å². The van der Waals surface area contributed by atoms with Crippen LogP contribution in [0.25, 0.3) is 0 Å². The number of rotatable bonds is 2. The Bertz CT molecular complexity index is 184. The fourth-order valence-corrected chi connectivity index (χ4v) is 15.3. The third-order valence-corrected chi connectivity index (χ3v) is 15.3. The summed E-state index contributed by atoms with van der Waals surface area (Å²) < 4.78 is 1.83. The summed E-state index contributed by atoms with van der Waals surface area (Å²) in [4.78, 5) is 0. The molecule has 0 aliphatic heterocycles. The van der Waals surface area contributed by atoms with Crippen LogP contribution in [0, 0.1) is 0 Å². The average molecular weight is 426 g/mol. The van der Waals surface area contributed by atoms with Crippen molar-refractivity contribution in [1.82, 2.24) is 0 Å². The first-order valence-corrected chi connectivity index (χ1v) is 14.4. The summed E-state index contributed by atoms with van der Waals surface area (Å²) in [5.41, 5.74) is 0. The molecular formula is C8H17Cl3HfSi. The van der Waals surface area contributed by atoms with E-state index in [0.29, 0.717) is 0 Å². The van der Waals surface area contributed by atoms with Gasteiger partial charge in [0.1, 0.15) is 0 Å².